The number of hydrogen-bond donors (Lipinski definition) is 1. The number of morpholine rings is 1. The first-order chi connectivity index (χ1) is 5.47. The van der Waals surface area contributed by atoms with Crippen molar-refractivity contribution in [3.05, 3.63) is 18.3 Å². The van der Waals surface area contributed by atoms with E-state index >= 15 is 0 Å². The first kappa shape index (κ1) is 6.73. The van der Waals surface area contributed by atoms with E-state index in [2.05, 4.69) is 16.0 Å². The Morgan fingerprint density at radius 3 is 2.82 bits per heavy atom. The number of rotatable bonds is 1. The zero-order valence-electron chi connectivity index (χ0n) is 6.42. The Bertz CT molecular complexity index is 202. The van der Waals surface area contributed by atoms with Crippen molar-refractivity contribution in [3.8, 4) is 0 Å². The summed E-state index contributed by atoms with van der Waals surface area (Å²) in [6.45, 7) is 3.69. The molecule has 0 spiro atoms. The van der Waals surface area contributed by atoms with Crippen molar-refractivity contribution in [2.24, 2.45) is 0 Å². The summed E-state index contributed by atoms with van der Waals surface area (Å²) in [4.78, 5) is 5.47. The summed E-state index contributed by atoms with van der Waals surface area (Å²) in [5.74, 6) is 1.20. The molecule has 1 aromatic rings. The molecule has 0 amide bonds. The third-order valence-corrected chi connectivity index (χ3v) is 1.93. The Hall–Kier alpha value is -0.960. The van der Waals surface area contributed by atoms with Crippen molar-refractivity contribution in [2.75, 3.05) is 31.2 Å². The molecule has 1 N–H and O–H groups in total. The molecule has 1 aliphatic heterocycles. The van der Waals surface area contributed by atoms with E-state index in [1.807, 2.05) is 12.3 Å². The van der Waals surface area contributed by atoms with Crippen LogP contribution in [0.3, 0.4) is 0 Å². The third-order valence-electron chi connectivity index (χ3n) is 1.93. The fraction of sp³-hybridized carbons (Fsp3) is 0.500. The number of aromatic nitrogens is 1. The van der Waals surface area contributed by atoms with Crippen LogP contribution in [0, 0.1) is 0 Å². The van der Waals surface area contributed by atoms with Gasteiger partial charge < -0.3 is 14.6 Å². The Morgan fingerprint density at radius 2 is 2.18 bits per heavy atom. The van der Waals surface area contributed by atoms with Crippen molar-refractivity contribution in [2.45, 2.75) is 0 Å². The van der Waals surface area contributed by atoms with Gasteiger partial charge in [-0.3, -0.25) is 0 Å². The van der Waals surface area contributed by atoms with Gasteiger partial charge in [0, 0.05) is 19.3 Å². The molecule has 2 heterocycles. The number of nitrogens with one attached hydrogen (secondary N) is 1. The minimum atomic E-state index is 0.846. The van der Waals surface area contributed by atoms with Crippen LogP contribution in [-0.4, -0.2) is 31.3 Å². The van der Waals surface area contributed by atoms with E-state index in [0.717, 1.165) is 26.3 Å². The van der Waals surface area contributed by atoms with Gasteiger partial charge in [-0.2, -0.15) is 0 Å². The van der Waals surface area contributed by atoms with E-state index in [1.54, 1.807) is 0 Å². The van der Waals surface area contributed by atoms with E-state index in [1.165, 1.54) is 5.82 Å². The predicted octanol–water partition coefficient (Wildman–Crippen LogP) is 0.851. The highest BCUT2D eigenvalue weighted by Gasteiger charge is 2.10. The highest BCUT2D eigenvalue weighted by atomic mass is 16.5. The number of H-pyrrole nitrogens is 1. The smallest absolute Gasteiger partial charge is 0.105 e. The summed E-state index contributed by atoms with van der Waals surface area (Å²) >= 11 is 0. The summed E-state index contributed by atoms with van der Waals surface area (Å²) in [7, 11) is 0. The molecule has 1 aliphatic rings. The van der Waals surface area contributed by atoms with Gasteiger partial charge in [0.25, 0.3) is 0 Å². The second-order valence-electron chi connectivity index (χ2n) is 2.65. The maximum Gasteiger partial charge on any atom is 0.105 e. The van der Waals surface area contributed by atoms with E-state index in [-0.39, 0.29) is 0 Å². The van der Waals surface area contributed by atoms with Crippen LogP contribution < -0.4 is 4.90 Å². The van der Waals surface area contributed by atoms with Gasteiger partial charge in [0.1, 0.15) is 5.82 Å². The van der Waals surface area contributed by atoms with Crippen molar-refractivity contribution in [1.29, 1.82) is 0 Å². The van der Waals surface area contributed by atoms with Crippen molar-refractivity contribution < 1.29 is 4.74 Å². The van der Waals surface area contributed by atoms with Gasteiger partial charge in [-0.15, -0.1) is 0 Å². The molecule has 0 aliphatic carbocycles. The van der Waals surface area contributed by atoms with Crippen LogP contribution in [0.1, 0.15) is 0 Å². The largest absolute Gasteiger partial charge is 0.378 e. The summed E-state index contributed by atoms with van der Waals surface area (Å²) in [6.07, 6.45) is 1.95. The first-order valence-corrected chi connectivity index (χ1v) is 3.93. The molecule has 0 atom stereocenters. The Morgan fingerprint density at radius 1 is 1.36 bits per heavy atom. The summed E-state index contributed by atoms with van der Waals surface area (Å²) in [6, 6.07) is 4.11. The van der Waals surface area contributed by atoms with Crippen LogP contribution in [-0.2, 0) is 4.74 Å². The maximum absolute atomic E-state index is 5.24. The van der Waals surface area contributed by atoms with Gasteiger partial charge in [0.2, 0.25) is 0 Å². The summed E-state index contributed by atoms with van der Waals surface area (Å²) in [5, 5.41) is 0. The molecule has 0 radical (unpaired) electrons. The van der Waals surface area contributed by atoms with Crippen molar-refractivity contribution >= 4 is 5.82 Å². The minimum Gasteiger partial charge on any atom is -0.378 e. The number of nitrogens with zero attached hydrogens (tertiary/aromatic N) is 1. The molecule has 3 nitrogen and oxygen atoms in total. The topological polar surface area (TPSA) is 28.3 Å². The Balaban J connectivity index is 2.04. The van der Waals surface area contributed by atoms with E-state index in [9.17, 15) is 0 Å². The number of aromatic amines is 1. The minimum absolute atomic E-state index is 0.846. The van der Waals surface area contributed by atoms with Crippen LogP contribution in [0.2, 0.25) is 0 Å². The molecule has 0 aromatic carbocycles. The zero-order chi connectivity index (χ0) is 7.52. The van der Waals surface area contributed by atoms with Crippen molar-refractivity contribution in [1.82, 2.24) is 4.98 Å². The molecule has 2 rings (SSSR count). The number of hydrogen-bond acceptors (Lipinski definition) is 2. The van der Waals surface area contributed by atoms with E-state index in [4.69, 9.17) is 4.74 Å². The van der Waals surface area contributed by atoms with Gasteiger partial charge in [0.05, 0.1) is 13.2 Å². The third kappa shape index (κ3) is 1.38. The first-order valence-electron chi connectivity index (χ1n) is 3.93. The highest BCUT2D eigenvalue weighted by Crippen LogP contribution is 2.11. The quantitative estimate of drug-likeness (QED) is 0.646. The molecular formula is C8H12N2O. The fourth-order valence-corrected chi connectivity index (χ4v) is 1.32. The lowest BCUT2D eigenvalue weighted by Gasteiger charge is -2.27. The van der Waals surface area contributed by atoms with Gasteiger partial charge in [0.15, 0.2) is 0 Å². The second-order valence-corrected chi connectivity index (χ2v) is 2.65. The van der Waals surface area contributed by atoms with Gasteiger partial charge in [-0.05, 0) is 12.1 Å². The normalized spacial score (nSPS) is 18.7. The van der Waals surface area contributed by atoms with E-state index in [0.29, 0.717) is 0 Å². The maximum atomic E-state index is 5.24. The second kappa shape index (κ2) is 2.96. The lowest BCUT2D eigenvalue weighted by Crippen LogP contribution is -2.36. The van der Waals surface area contributed by atoms with Gasteiger partial charge >= 0.3 is 0 Å². The van der Waals surface area contributed by atoms with Crippen LogP contribution in [0.5, 0.6) is 0 Å². The van der Waals surface area contributed by atoms with Crippen molar-refractivity contribution in [3.63, 3.8) is 0 Å². The molecule has 0 bridgehead atoms. The molecule has 11 heavy (non-hydrogen) atoms. The van der Waals surface area contributed by atoms with Gasteiger partial charge in [-0.25, -0.2) is 0 Å². The SMILES string of the molecule is c1c[nH]c(N2CCOCC2)c1. The fourth-order valence-electron chi connectivity index (χ4n) is 1.32. The van der Waals surface area contributed by atoms with Gasteiger partial charge in [-0.1, -0.05) is 0 Å². The Labute approximate surface area is 66.0 Å². The molecule has 60 valence electrons. The molecule has 0 saturated carbocycles. The standard InChI is InChI=1S/C8H12N2O/c1-2-8(9-3-1)10-4-6-11-7-5-10/h1-3,9H,4-7H2. The Kier molecular flexibility index (Phi) is 1.81. The number of ether oxygens (including phenoxy) is 1. The molecule has 3 heteroatoms. The van der Waals surface area contributed by atoms with Crippen LogP contribution in [0.15, 0.2) is 18.3 Å². The molecule has 1 saturated heterocycles. The summed E-state index contributed by atoms with van der Waals surface area (Å²) < 4.78 is 5.24. The van der Waals surface area contributed by atoms with Crippen LogP contribution in [0.25, 0.3) is 0 Å². The number of anilines is 1. The lowest BCUT2D eigenvalue weighted by molar-refractivity contribution is 0.122. The van der Waals surface area contributed by atoms with Crippen LogP contribution >= 0.6 is 0 Å². The molecular weight excluding hydrogens is 140 g/mol. The lowest BCUT2D eigenvalue weighted by atomic mass is 10.4. The van der Waals surface area contributed by atoms with E-state index < -0.39 is 0 Å². The average Bonchev–Trinajstić information content (AvgIpc) is 2.58. The average molecular weight is 152 g/mol. The van der Waals surface area contributed by atoms with Crippen LogP contribution in [0.4, 0.5) is 5.82 Å². The highest BCUT2D eigenvalue weighted by molar-refractivity contribution is 5.38. The monoisotopic (exact) mass is 152 g/mol. The molecule has 1 fully saturated rings. The summed E-state index contributed by atoms with van der Waals surface area (Å²) in [5.41, 5.74) is 0. The predicted molar refractivity (Wildman–Crippen MR) is 43.8 cm³/mol. The molecule has 0 unspecified atom stereocenters. The zero-order valence-corrected chi connectivity index (χ0v) is 6.42. The molecule has 1 aromatic heterocycles.